The predicted octanol–water partition coefficient (Wildman–Crippen LogP) is -0.831. The van der Waals surface area contributed by atoms with Crippen molar-refractivity contribution in [3.05, 3.63) is 12.2 Å². The first-order chi connectivity index (χ1) is 6.63. The molecule has 3 N–H and O–H groups in total. The predicted molar refractivity (Wildman–Crippen MR) is 51.1 cm³/mol. The number of carbonyl (C=O) groups excluding carboxylic acids is 1. The molecular weight excluding hydrogens is 182 g/mol. The minimum Gasteiger partial charge on any atom is -0.347 e. The Hall–Kier alpha value is -1.43. The molecule has 0 saturated heterocycles. The Labute approximate surface area is 82.5 Å². The van der Waals surface area contributed by atoms with Gasteiger partial charge < -0.3 is 11.1 Å². The molecule has 1 aromatic heterocycles. The topological polar surface area (TPSA) is 85.8 Å². The van der Waals surface area contributed by atoms with Crippen molar-refractivity contribution in [2.45, 2.75) is 25.9 Å². The van der Waals surface area contributed by atoms with Gasteiger partial charge in [0, 0.05) is 7.05 Å². The third kappa shape index (κ3) is 2.81. The lowest BCUT2D eigenvalue weighted by Crippen LogP contribution is -2.39. The lowest BCUT2D eigenvalue weighted by Gasteiger charge is -2.07. The van der Waals surface area contributed by atoms with Crippen LogP contribution < -0.4 is 11.1 Å². The number of carbonyl (C=O) groups is 1. The smallest absolute Gasteiger partial charge is 0.237 e. The number of nitrogens with one attached hydrogen (secondary N) is 1. The van der Waals surface area contributed by atoms with Gasteiger partial charge >= 0.3 is 0 Å². The van der Waals surface area contributed by atoms with Crippen LogP contribution in [0, 0.1) is 0 Å². The molecule has 0 radical (unpaired) electrons. The monoisotopic (exact) mass is 197 g/mol. The van der Waals surface area contributed by atoms with E-state index in [0.717, 1.165) is 0 Å². The molecule has 0 saturated carbocycles. The van der Waals surface area contributed by atoms with Gasteiger partial charge in [0.05, 0.1) is 12.6 Å². The van der Waals surface area contributed by atoms with Crippen molar-refractivity contribution in [3.63, 3.8) is 0 Å². The van der Waals surface area contributed by atoms with Gasteiger partial charge in [0.1, 0.15) is 6.33 Å². The summed E-state index contributed by atoms with van der Waals surface area (Å²) in [6, 6.07) is -0.446. The summed E-state index contributed by atoms with van der Waals surface area (Å²) >= 11 is 0. The lowest BCUT2D eigenvalue weighted by molar-refractivity contribution is -0.122. The first-order valence-corrected chi connectivity index (χ1v) is 4.51. The van der Waals surface area contributed by atoms with E-state index in [-0.39, 0.29) is 5.91 Å². The average Bonchev–Trinajstić information content (AvgIpc) is 2.59. The van der Waals surface area contributed by atoms with E-state index in [1.54, 1.807) is 18.1 Å². The van der Waals surface area contributed by atoms with Crippen molar-refractivity contribution in [3.8, 4) is 0 Å². The second-order valence-corrected chi connectivity index (χ2v) is 3.07. The minimum absolute atomic E-state index is 0.167. The van der Waals surface area contributed by atoms with E-state index >= 15 is 0 Å². The first kappa shape index (κ1) is 10.6. The fourth-order valence-corrected chi connectivity index (χ4v) is 0.948. The molecule has 1 atom stereocenters. The Morgan fingerprint density at radius 1 is 1.79 bits per heavy atom. The van der Waals surface area contributed by atoms with E-state index in [9.17, 15) is 4.79 Å². The zero-order chi connectivity index (χ0) is 10.6. The Morgan fingerprint density at radius 3 is 3.00 bits per heavy atom. The fraction of sp³-hybridized carbons (Fsp3) is 0.625. The van der Waals surface area contributed by atoms with Crippen LogP contribution in [0.2, 0.25) is 0 Å². The highest BCUT2D eigenvalue weighted by Crippen LogP contribution is 1.89. The molecular formula is C8H15N5O. The molecule has 6 nitrogen and oxygen atoms in total. The lowest BCUT2D eigenvalue weighted by atomic mass is 10.2. The van der Waals surface area contributed by atoms with Crippen molar-refractivity contribution < 1.29 is 4.79 Å². The molecule has 1 heterocycles. The van der Waals surface area contributed by atoms with Crippen LogP contribution in [0.25, 0.3) is 0 Å². The molecule has 0 aliphatic rings. The highest BCUT2D eigenvalue weighted by atomic mass is 16.2. The zero-order valence-corrected chi connectivity index (χ0v) is 8.40. The zero-order valence-electron chi connectivity index (χ0n) is 8.40. The van der Waals surface area contributed by atoms with Crippen LogP contribution in [0.1, 0.15) is 19.2 Å². The van der Waals surface area contributed by atoms with Gasteiger partial charge in [0.25, 0.3) is 0 Å². The van der Waals surface area contributed by atoms with Crippen molar-refractivity contribution >= 4 is 5.91 Å². The van der Waals surface area contributed by atoms with Gasteiger partial charge in [-0.1, -0.05) is 6.92 Å². The van der Waals surface area contributed by atoms with Gasteiger partial charge in [-0.3, -0.25) is 9.48 Å². The van der Waals surface area contributed by atoms with E-state index in [1.165, 1.54) is 0 Å². The van der Waals surface area contributed by atoms with E-state index in [0.29, 0.717) is 18.8 Å². The molecule has 0 aromatic carbocycles. The van der Waals surface area contributed by atoms with Gasteiger partial charge in [-0.25, -0.2) is 4.98 Å². The maximum atomic E-state index is 11.3. The average molecular weight is 197 g/mol. The summed E-state index contributed by atoms with van der Waals surface area (Å²) in [5, 5.41) is 6.68. The number of hydrogen-bond acceptors (Lipinski definition) is 4. The Balaban J connectivity index is 2.37. The van der Waals surface area contributed by atoms with Crippen LogP contribution in [-0.4, -0.2) is 26.7 Å². The summed E-state index contributed by atoms with van der Waals surface area (Å²) in [6.07, 6.45) is 2.21. The number of aryl methyl sites for hydroxylation is 1. The first-order valence-electron chi connectivity index (χ1n) is 4.51. The van der Waals surface area contributed by atoms with Crippen LogP contribution in [0.4, 0.5) is 0 Å². The Bertz CT molecular complexity index is 308. The van der Waals surface area contributed by atoms with Crippen molar-refractivity contribution in [1.82, 2.24) is 20.1 Å². The van der Waals surface area contributed by atoms with E-state index in [1.807, 2.05) is 6.92 Å². The third-order valence-electron chi connectivity index (χ3n) is 1.84. The molecule has 0 unspecified atom stereocenters. The van der Waals surface area contributed by atoms with Crippen molar-refractivity contribution in [2.24, 2.45) is 12.8 Å². The molecule has 0 aliphatic carbocycles. The number of aromatic nitrogens is 3. The number of hydrogen-bond donors (Lipinski definition) is 2. The third-order valence-corrected chi connectivity index (χ3v) is 1.84. The molecule has 1 aromatic rings. The molecule has 1 amide bonds. The molecule has 1 rings (SSSR count). The maximum Gasteiger partial charge on any atom is 0.237 e. The van der Waals surface area contributed by atoms with Gasteiger partial charge in [-0.2, -0.15) is 5.10 Å². The summed E-state index contributed by atoms with van der Waals surface area (Å²) < 4.78 is 1.58. The van der Waals surface area contributed by atoms with Crippen molar-refractivity contribution in [2.75, 3.05) is 0 Å². The molecule has 6 heteroatoms. The van der Waals surface area contributed by atoms with E-state index < -0.39 is 6.04 Å². The van der Waals surface area contributed by atoms with Crippen LogP contribution in [0.3, 0.4) is 0 Å². The molecule has 0 bridgehead atoms. The number of rotatable bonds is 4. The highest BCUT2D eigenvalue weighted by molar-refractivity contribution is 5.81. The summed E-state index contributed by atoms with van der Waals surface area (Å²) in [7, 11) is 1.77. The van der Waals surface area contributed by atoms with Gasteiger partial charge in [0.2, 0.25) is 5.91 Å². The van der Waals surface area contributed by atoms with Gasteiger partial charge in [-0.15, -0.1) is 0 Å². The van der Waals surface area contributed by atoms with Crippen LogP contribution in [0.5, 0.6) is 0 Å². The molecule has 14 heavy (non-hydrogen) atoms. The minimum atomic E-state index is -0.446. The summed E-state index contributed by atoms with van der Waals surface area (Å²) in [5.41, 5.74) is 5.53. The van der Waals surface area contributed by atoms with Crippen LogP contribution in [-0.2, 0) is 18.4 Å². The maximum absolute atomic E-state index is 11.3. The Kier molecular flexibility index (Phi) is 3.58. The summed E-state index contributed by atoms with van der Waals surface area (Å²) in [6.45, 7) is 2.19. The van der Waals surface area contributed by atoms with E-state index in [4.69, 9.17) is 5.73 Å². The summed E-state index contributed by atoms with van der Waals surface area (Å²) in [4.78, 5) is 15.2. The second-order valence-electron chi connectivity index (χ2n) is 3.07. The standard InChI is InChI=1S/C8H15N5O/c1-3-6(9)8(14)10-4-7-11-5-13(2)12-7/h5-6H,3-4,9H2,1-2H3,(H,10,14)/t6-/m0/s1. The number of amides is 1. The normalized spacial score (nSPS) is 12.5. The molecule has 0 spiro atoms. The number of nitrogens with two attached hydrogens (primary N) is 1. The number of nitrogens with zero attached hydrogens (tertiary/aromatic N) is 3. The Morgan fingerprint density at radius 2 is 2.50 bits per heavy atom. The largest absolute Gasteiger partial charge is 0.347 e. The highest BCUT2D eigenvalue weighted by Gasteiger charge is 2.10. The fourth-order valence-electron chi connectivity index (χ4n) is 0.948. The van der Waals surface area contributed by atoms with E-state index in [2.05, 4.69) is 15.4 Å². The van der Waals surface area contributed by atoms with Crippen molar-refractivity contribution in [1.29, 1.82) is 0 Å². The molecule has 0 aliphatic heterocycles. The summed E-state index contributed by atoms with van der Waals surface area (Å²) in [5.74, 6) is 0.420. The van der Waals surface area contributed by atoms with Gasteiger partial charge in [0.15, 0.2) is 5.82 Å². The van der Waals surface area contributed by atoms with Crippen LogP contribution >= 0.6 is 0 Å². The molecule has 0 fully saturated rings. The SMILES string of the molecule is CC[C@H](N)C(=O)NCc1ncn(C)n1. The van der Waals surface area contributed by atoms with Gasteiger partial charge in [-0.05, 0) is 6.42 Å². The molecule has 78 valence electrons. The quantitative estimate of drug-likeness (QED) is 0.659. The second kappa shape index (κ2) is 4.71. The van der Waals surface area contributed by atoms with Crippen LogP contribution in [0.15, 0.2) is 6.33 Å².